The van der Waals surface area contributed by atoms with Gasteiger partial charge in [0, 0.05) is 0 Å². The highest BCUT2D eigenvalue weighted by atomic mass is 35.5. The number of hydrogen-bond acceptors (Lipinski definition) is 1. The molecule has 0 N–H and O–H groups in total. The molecule has 0 aliphatic carbocycles. The summed E-state index contributed by atoms with van der Waals surface area (Å²) in [5, 5.41) is 11.5. The summed E-state index contributed by atoms with van der Waals surface area (Å²) in [7, 11) is 4.05. The zero-order chi connectivity index (χ0) is 12.7. The molecule has 0 spiro atoms. The van der Waals surface area contributed by atoms with Crippen molar-refractivity contribution in [2.75, 3.05) is 0 Å². The molecule has 3 aromatic rings. The van der Waals surface area contributed by atoms with E-state index in [1.54, 1.807) is 18.2 Å². The third-order valence-corrected chi connectivity index (χ3v) is 3.33. The van der Waals surface area contributed by atoms with Crippen molar-refractivity contribution in [1.29, 1.82) is 0 Å². The Labute approximate surface area is 118 Å². The minimum absolute atomic E-state index is 0. The van der Waals surface area contributed by atoms with E-state index in [0.29, 0.717) is 0 Å². The normalized spacial score (nSPS) is 10.4. The van der Waals surface area contributed by atoms with Crippen molar-refractivity contribution in [2.45, 2.75) is 0 Å². The molecule has 98 valence electrons. The van der Waals surface area contributed by atoms with Gasteiger partial charge in [-0.15, -0.1) is 18.2 Å². The van der Waals surface area contributed by atoms with E-state index in [4.69, 9.17) is 0 Å². The highest BCUT2D eigenvalue weighted by molar-refractivity contribution is 5.85. The van der Waals surface area contributed by atoms with Gasteiger partial charge in [-0.3, -0.25) is 0 Å². The summed E-state index contributed by atoms with van der Waals surface area (Å²) in [5.74, 6) is 1.08. The molecule has 0 atom stereocenters. The van der Waals surface area contributed by atoms with Crippen LogP contribution in [0.25, 0.3) is 22.4 Å². The van der Waals surface area contributed by atoms with Crippen LogP contribution in [0.15, 0.2) is 48.5 Å². The molecule has 4 heteroatoms. The number of hydrogen-bond donors (Lipinski definition) is 0. The maximum absolute atomic E-state index is 11.5. The summed E-state index contributed by atoms with van der Waals surface area (Å²) < 4.78 is 4.23. The largest absolute Gasteiger partial charge is 0.872 e. The van der Waals surface area contributed by atoms with Gasteiger partial charge in [0.05, 0.1) is 19.7 Å². The topological polar surface area (TPSA) is 31.9 Å². The van der Waals surface area contributed by atoms with Crippen molar-refractivity contribution in [3.63, 3.8) is 0 Å². The average molecular weight is 275 g/mol. The van der Waals surface area contributed by atoms with Gasteiger partial charge in [0.15, 0.2) is 11.0 Å². The molecule has 3 nitrogen and oxygen atoms in total. The first-order valence-electron chi connectivity index (χ1n) is 5.89. The molecular weight excluding hydrogens is 260 g/mol. The van der Waals surface area contributed by atoms with Crippen molar-refractivity contribution < 1.29 is 9.67 Å². The van der Waals surface area contributed by atoms with Gasteiger partial charge in [0.1, 0.15) is 0 Å². The lowest BCUT2D eigenvalue weighted by atomic mass is 10.2. The molecule has 19 heavy (non-hydrogen) atoms. The van der Waals surface area contributed by atoms with Crippen molar-refractivity contribution >= 4 is 23.4 Å². The second-order valence-corrected chi connectivity index (χ2v) is 4.46. The smallest absolute Gasteiger partial charge is 0.289 e. The first-order valence-corrected chi connectivity index (χ1v) is 5.89. The Morgan fingerprint density at radius 2 is 1.79 bits per heavy atom. The number of imidazole rings is 1. The van der Waals surface area contributed by atoms with E-state index in [-0.39, 0.29) is 18.2 Å². The van der Waals surface area contributed by atoms with Crippen LogP contribution in [-0.2, 0) is 14.1 Å². The predicted molar refractivity (Wildman–Crippen MR) is 76.2 cm³/mol. The van der Waals surface area contributed by atoms with Crippen molar-refractivity contribution in [2.24, 2.45) is 14.1 Å². The van der Waals surface area contributed by atoms with Crippen molar-refractivity contribution in [1.82, 2.24) is 4.57 Å². The highest BCUT2D eigenvalue weighted by Crippen LogP contribution is 2.23. The van der Waals surface area contributed by atoms with Gasteiger partial charge in [0.2, 0.25) is 0 Å². The van der Waals surface area contributed by atoms with Crippen LogP contribution in [0.1, 0.15) is 0 Å². The number of fused-ring (bicyclic) bond motifs is 1. The molecule has 0 aliphatic rings. The van der Waals surface area contributed by atoms with Gasteiger partial charge in [0.25, 0.3) is 5.82 Å². The van der Waals surface area contributed by atoms with Crippen LogP contribution in [0.2, 0.25) is 0 Å². The quantitative estimate of drug-likeness (QED) is 0.626. The van der Waals surface area contributed by atoms with Crippen LogP contribution in [-0.4, -0.2) is 4.57 Å². The minimum atomic E-state index is 0. The first kappa shape index (κ1) is 13.4. The first-order chi connectivity index (χ1) is 8.68. The Morgan fingerprint density at radius 1 is 1.05 bits per heavy atom. The van der Waals surface area contributed by atoms with E-state index in [0.717, 1.165) is 22.4 Å². The molecule has 0 aliphatic heterocycles. The van der Waals surface area contributed by atoms with Gasteiger partial charge < -0.3 is 5.11 Å². The van der Waals surface area contributed by atoms with Crippen LogP contribution in [0.5, 0.6) is 5.75 Å². The summed E-state index contributed by atoms with van der Waals surface area (Å²) in [6, 6.07) is 15.2. The number of para-hydroxylation sites is 2. The highest BCUT2D eigenvalue weighted by Gasteiger charge is 2.20. The van der Waals surface area contributed by atoms with E-state index in [9.17, 15) is 5.11 Å². The average Bonchev–Trinajstić information content (AvgIpc) is 2.63. The Balaban J connectivity index is 0.00000133. The van der Waals surface area contributed by atoms with Crippen LogP contribution in [0.3, 0.4) is 0 Å². The van der Waals surface area contributed by atoms with Gasteiger partial charge >= 0.3 is 0 Å². The van der Waals surface area contributed by atoms with Crippen LogP contribution >= 0.6 is 12.4 Å². The van der Waals surface area contributed by atoms with Crippen molar-refractivity contribution in [3.8, 4) is 17.1 Å². The van der Waals surface area contributed by atoms with Crippen LogP contribution in [0.4, 0.5) is 0 Å². The maximum Gasteiger partial charge on any atom is 0.289 e. The maximum atomic E-state index is 11.5. The number of halogens is 1. The predicted octanol–water partition coefficient (Wildman–Crippen LogP) is 2.17. The number of benzene rings is 2. The van der Waals surface area contributed by atoms with E-state index in [2.05, 4.69) is 21.3 Å². The van der Waals surface area contributed by atoms with Gasteiger partial charge in [-0.1, -0.05) is 30.3 Å². The van der Waals surface area contributed by atoms with Gasteiger partial charge in [-0.05, 0) is 18.2 Å². The van der Waals surface area contributed by atoms with Crippen LogP contribution in [0, 0.1) is 0 Å². The summed E-state index contributed by atoms with van der Waals surface area (Å²) in [5.41, 5.74) is 3.27. The third-order valence-electron chi connectivity index (χ3n) is 3.33. The summed E-state index contributed by atoms with van der Waals surface area (Å²) in [4.78, 5) is 0. The molecule has 0 saturated heterocycles. The number of rotatable bonds is 1. The molecule has 1 heterocycles. The lowest BCUT2D eigenvalue weighted by Crippen LogP contribution is -2.29. The fourth-order valence-electron chi connectivity index (χ4n) is 2.51. The molecule has 0 unspecified atom stereocenters. The molecule has 1 aromatic heterocycles. The molecule has 3 rings (SSSR count). The second kappa shape index (κ2) is 4.94. The fourth-order valence-corrected chi connectivity index (χ4v) is 2.51. The Kier molecular flexibility index (Phi) is 3.49. The van der Waals surface area contributed by atoms with Gasteiger partial charge in [-0.25, -0.2) is 9.13 Å². The van der Waals surface area contributed by atoms with E-state index >= 15 is 0 Å². The number of nitrogens with zero attached hydrogens (tertiary/aromatic N) is 2. The lowest BCUT2D eigenvalue weighted by molar-refractivity contribution is -0.634. The Morgan fingerprint density at radius 3 is 2.47 bits per heavy atom. The molecule has 0 saturated carbocycles. The fraction of sp³-hybridized carbons (Fsp3) is 0.133. The SMILES string of the molecule is Cl.Cn1c(-c2cccc([O-])c2)[n+](C)c2ccccc21. The number of aromatic nitrogens is 2. The minimum Gasteiger partial charge on any atom is -0.872 e. The zero-order valence-electron chi connectivity index (χ0n) is 10.8. The monoisotopic (exact) mass is 274 g/mol. The van der Waals surface area contributed by atoms with Crippen LogP contribution < -0.4 is 9.67 Å². The summed E-state index contributed by atoms with van der Waals surface area (Å²) in [6.45, 7) is 0. The third kappa shape index (κ3) is 2.06. The molecule has 2 aromatic carbocycles. The lowest BCUT2D eigenvalue weighted by Gasteiger charge is -2.05. The van der Waals surface area contributed by atoms with Gasteiger partial charge in [-0.2, -0.15) is 0 Å². The Hall–Kier alpha value is -2.00. The molecule has 0 bridgehead atoms. The molecule has 0 fully saturated rings. The second-order valence-electron chi connectivity index (χ2n) is 4.46. The van der Waals surface area contributed by atoms with E-state index in [1.807, 2.05) is 32.3 Å². The summed E-state index contributed by atoms with van der Waals surface area (Å²) in [6.07, 6.45) is 0. The molecule has 0 radical (unpaired) electrons. The van der Waals surface area contributed by atoms with Crippen molar-refractivity contribution in [3.05, 3.63) is 48.5 Å². The molecule has 0 amide bonds. The summed E-state index contributed by atoms with van der Waals surface area (Å²) >= 11 is 0. The Bertz CT molecular complexity index is 695. The van der Waals surface area contributed by atoms with E-state index < -0.39 is 0 Å². The standard InChI is InChI=1S/C15H14N2O.ClH/c1-16-13-8-3-4-9-14(13)17(2)15(16)11-6-5-7-12(18)10-11;/h3-10H,1-2H3;1H. The molecular formula is C15H15ClN2O. The zero-order valence-corrected chi connectivity index (χ0v) is 11.6. The van der Waals surface area contributed by atoms with E-state index in [1.165, 1.54) is 0 Å². The number of aryl methyl sites for hydroxylation is 2.